The summed E-state index contributed by atoms with van der Waals surface area (Å²) >= 11 is 0. The number of hydrogen-bond donors (Lipinski definition) is 0. The highest BCUT2D eigenvalue weighted by Crippen LogP contribution is 2.42. The third-order valence-corrected chi connectivity index (χ3v) is 12.5. The fourth-order valence-corrected chi connectivity index (χ4v) is 9.43. The van der Waals surface area contributed by atoms with Crippen molar-refractivity contribution in [2.24, 2.45) is 0 Å². The van der Waals surface area contributed by atoms with E-state index in [2.05, 4.69) is 231 Å². The summed E-state index contributed by atoms with van der Waals surface area (Å²) in [5.41, 5.74) is 16.0. The quantitative estimate of drug-likeness (QED) is 0.170. The van der Waals surface area contributed by atoms with Gasteiger partial charge in [0.2, 0.25) is 0 Å². The van der Waals surface area contributed by atoms with E-state index < -0.39 is 0 Å². The maximum atomic E-state index is 2.47. The van der Waals surface area contributed by atoms with Gasteiger partial charge in [-0.1, -0.05) is 120 Å². The van der Waals surface area contributed by atoms with Crippen LogP contribution in [0.4, 0.5) is 0 Å². The van der Waals surface area contributed by atoms with Crippen molar-refractivity contribution in [1.29, 1.82) is 0 Å². The Morgan fingerprint density at radius 2 is 0.627 bits per heavy atom. The fraction of sp³-hybridized carbons (Fsp3) is 0.143. The molecule has 0 bridgehead atoms. The first-order valence-corrected chi connectivity index (χ1v) is 20.9. The number of aromatic nitrogens is 3. The second-order valence-electron chi connectivity index (χ2n) is 18.3. The third-order valence-electron chi connectivity index (χ3n) is 12.5. The SMILES string of the molecule is CC(C)(C)c1ccc2c(c1)c1cc(-c3ccc4c(c3)c3cc(C(C)(C)C)ccc3n4-c3ccc4c(c3)c3ccccc3n4-c3ccccc3)ccc1n2-c1ccccc1. The summed E-state index contributed by atoms with van der Waals surface area (Å²) in [5.74, 6) is 0. The number of benzene rings is 8. The molecular formula is C56H47N3. The van der Waals surface area contributed by atoms with Gasteiger partial charge in [-0.05, 0) is 130 Å². The van der Waals surface area contributed by atoms with Gasteiger partial charge >= 0.3 is 0 Å². The summed E-state index contributed by atoms with van der Waals surface area (Å²) in [6.45, 7) is 13.8. The Morgan fingerprint density at radius 1 is 0.271 bits per heavy atom. The Morgan fingerprint density at radius 3 is 1.10 bits per heavy atom. The lowest BCUT2D eigenvalue weighted by Gasteiger charge is -2.19. The van der Waals surface area contributed by atoms with Crippen LogP contribution in [-0.4, -0.2) is 13.7 Å². The number of nitrogens with zero attached hydrogens (tertiary/aromatic N) is 3. The van der Waals surface area contributed by atoms with Crippen LogP contribution in [0.25, 0.3) is 93.6 Å². The number of para-hydroxylation sites is 3. The molecule has 0 radical (unpaired) electrons. The topological polar surface area (TPSA) is 14.8 Å². The number of fused-ring (bicyclic) bond motifs is 9. The molecule has 0 N–H and O–H groups in total. The minimum absolute atomic E-state index is 0.0162. The molecule has 0 unspecified atom stereocenters. The van der Waals surface area contributed by atoms with Crippen molar-refractivity contribution < 1.29 is 0 Å². The molecule has 0 saturated heterocycles. The van der Waals surface area contributed by atoms with Crippen LogP contribution >= 0.6 is 0 Å². The van der Waals surface area contributed by atoms with Gasteiger partial charge in [0, 0.05) is 49.4 Å². The van der Waals surface area contributed by atoms with Crippen LogP contribution < -0.4 is 0 Å². The normalized spacial score (nSPS) is 12.6. The first-order chi connectivity index (χ1) is 28.5. The van der Waals surface area contributed by atoms with Crippen molar-refractivity contribution in [3.05, 3.63) is 187 Å². The lowest BCUT2D eigenvalue weighted by molar-refractivity contribution is 0.591. The third kappa shape index (κ3) is 5.56. The second-order valence-corrected chi connectivity index (χ2v) is 18.3. The van der Waals surface area contributed by atoms with Gasteiger partial charge in [0.15, 0.2) is 0 Å². The Bertz CT molecular complexity index is 3430. The summed E-state index contributed by atoms with van der Waals surface area (Å²) in [6.07, 6.45) is 0. The average molecular weight is 762 g/mol. The molecule has 0 aliphatic carbocycles. The number of hydrogen-bond acceptors (Lipinski definition) is 0. The van der Waals surface area contributed by atoms with Gasteiger partial charge < -0.3 is 13.7 Å². The lowest BCUT2D eigenvalue weighted by Crippen LogP contribution is -2.10. The minimum Gasteiger partial charge on any atom is -0.309 e. The molecule has 0 spiro atoms. The van der Waals surface area contributed by atoms with Crippen molar-refractivity contribution >= 4 is 65.4 Å². The zero-order valence-corrected chi connectivity index (χ0v) is 34.6. The fourth-order valence-electron chi connectivity index (χ4n) is 9.43. The van der Waals surface area contributed by atoms with Crippen molar-refractivity contribution in [1.82, 2.24) is 13.7 Å². The Kier molecular flexibility index (Phi) is 7.68. The molecule has 3 heteroatoms. The van der Waals surface area contributed by atoms with Crippen molar-refractivity contribution in [2.45, 2.75) is 52.4 Å². The smallest absolute Gasteiger partial charge is 0.0542 e. The van der Waals surface area contributed by atoms with Crippen LogP contribution in [-0.2, 0) is 10.8 Å². The summed E-state index contributed by atoms with van der Waals surface area (Å²) < 4.78 is 7.28. The molecule has 59 heavy (non-hydrogen) atoms. The summed E-state index contributed by atoms with van der Waals surface area (Å²) in [5, 5.41) is 7.60. The van der Waals surface area contributed by atoms with E-state index in [9.17, 15) is 0 Å². The van der Waals surface area contributed by atoms with Crippen LogP contribution in [0.1, 0.15) is 52.7 Å². The van der Waals surface area contributed by atoms with Crippen LogP contribution in [0.3, 0.4) is 0 Å². The highest BCUT2D eigenvalue weighted by molar-refractivity contribution is 6.14. The van der Waals surface area contributed by atoms with Gasteiger partial charge in [0.1, 0.15) is 0 Å². The van der Waals surface area contributed by atoms with Crippen molar-refractivity contribution in [3.8, 4) is 28.2 Å². The first kappa shape index (κ1) is 35.3. The Balaban J connectivity index is 1.13. The molecule has 0 saturated carbocycles. The molecule has 3 nitrogen and oxygen atoms in total. The van der Waals surface area contributed by atoms with Crippen LogP contribution in [0.15, 0.2) is 176 Å². The molecule has 0 aliphatic heterocycles. The van der Waals surface area contributed by atoms with Gasteiger partial charge in [0.25, 0.3) is 0 Å². The molecule has 286 valence electrons. The molecule has 11 rings (SSSR count). The van der Waals surface area contributed by atoms with E-state index in [4.69, 9.17) is 0 Å². The van der Waals surface area contributed by atoms with Gasteiger partial charge in [0.05, 0.1) is 33.1 Å². The maximum Gasteiger partial charge on any atom is 0.0542 e. The Labute approximate surface area is 345 Å². The van der Waals surface area contributed by atoms with Gasteiger partial charge in [-0.15, -0.1) is 0 Å². The van der Waals surface area contributed by atoms with Crippen molar-refractivity contribution in [2.75, 3.05) is 0 Å². The van der Waals surface area contributed by atoms with E-state index in [0.29, 0.717) is 0 Å². The van der Waals surface area contributed by atoms with E-state index in [1.54, 1.807) is 0 Å². The second kappa shape index (κ2) is 12.8. The maximum absolute atomic E-state index is 2.47. The standard InChI is InChI=1S/C56H47N3/c1-55(2,3)38-23-28-52-46(33-38)44-31-36(21-26-50(44)58(52)41-17-11-8-12-18-41)37-22-27-51-45(32-37)47-34-39(56(4,5)6)24-29-53(47)59(51)42-25-30-54-48(35-42)43-19-13-14-20-49(43)57(54)40-15-9-7-10-16-40/h7-35H,1-6H3. The van der Waals surface area contributed by atoms with Crippen molar-refractivity contribution in [3.63, 3.8) is 0 Å². The van der Waals surface area contributed by atoms with E-state index in [1.807, 2.05) is 0 Å². The van der Waals surface area contributed by atoms with E-state index in [-0.39, 0.29) is 10.8 Å². The zero-order valence-electron chi connectivity index (χ0n) is 34.6. The predicted molar refractivity (Wildman–Crippen MR) is 252 cm³/mol. The van der Waals surface area contributed by atoms with Gasteiger partial charge in [-0.3, -0.25) is 0 Å². The molecule has 0 atom stereocenters. The number of rotatable bonds is 4. The molecule has 3 heterocycles. The van der Waals surface area contributed by atoms with Crippen LogP contribution in [0, 0.1) is 0 Å². The molecule has 0 aliphatic rings. The summed E-state index contributed by atoms with van der Waals surface area (Å²) in [7, 11) is 0. The van der Waals surface area contributed by atoms with Crippen LogP contribution in [0.5, 0.6) is 0 Å². The molecule has 3 aromatic heterocycles. The highest BCUT2D eigenvalue weighted by atomic mass is 15.0. The molecule has 0 amide bonds. The van der Waals surface area contributed by atoms with Crippen LogP contribution in [0.2, 0.25) is 0 Å². The van der Waals surface area contributed by atoms with Gasteiger partial charge in [-0.2, -0.15) is 0 Å². The first-order valence-electron chi connectivity index (χ1n) is 20.9. The Hall–Kier alpha value is -6.84. The van der Waals surface area contributed by atoms with E-state index in [1.165, 1.54) is 99.0 Å². The van der Waals surface area contributed by atoms with E-state index >= 15 is 0 Å². The van der Waals surface area contributed by atoms with E-state index in [0.717, 1.165) is 5.69 Å². The largest absolute Gasteiger partial charge is 0.309 e. The molecule has 0 fully saturated rings. The summed E-state index contributed by atoms with van der Waals surface area (Å²) in [4.78, 5) is 0. The van der Waals surface area contributed by atoms with Gasteiger partial charge in [-0.25, -0.2) is 0 Å². The minimum atomic E-state index is 0.0162. The average Bonchev–Trinajstić information content (AvgIpc) is 3.88. The predicted octanol–water partition coefficient (Wildman–Crippen LogP) is 15.2. The highest BCUT2D eigenvalue weighted by Gasteiger charge is 2.22. The molecular weight excluding hydrogens is 715 g/mol. The lowest BCUT2D eigenvalue weighted by atomic mass is 9.86. The monoisotopic (exact) mass is 761 g/mol. The molecule has 11 aromatic rings. The summed E-state index contributed by atoms with van der Waals surface area (Å²) in [6, 6.07) is 65.5. The zero-order chi connectivity index (χ0) is 40.2. The molecule has 8 aromatic carbocycles.